The van der Waals surface area contributed by atoms with Crippen molar-refractivity contribution in [2.45, 2.75) is 18.9 Å². The fourth-order valence-electron chi connectivity index (χ4n) is 1.38. The van der Waals surface area contributed by atoms with Gasteiger partial charge in [-0.25, -0.2) is 4.79 Å². The molecule has 15 heavy (non-hydrogen) atoms. The quantitative estimate of drug-likeness (QED) is 0.745. The Morgan fingerprint density at radius 1 is 1.33 bits per heavy atom. The van der Waals surface area contributed by atoms with Crippen LogP contribution in [0.4, 0.5) is 0 Å². The molecule has 0 aliphatic heterocycles. The maximum absolute atomic E-state index is 11.5. The number of ether oxygens (including phenoxy) is 1. The van der Waals surface area contributed by atoms with Crippen molar-refractivity contribution in [1.82, 2.24) is 4.98 Å². The van der Waals surface area contributed by atoms with Crippen LogP contribution in [0, 0.1) is 0 Å². The normalized spacial score (nSPS) is 15.5. The highest BCUT2D eigenvalue weighted by molar-refractivity contribution is 5.76. The van der Waals surface area contributed by atoms with Crippen LogP contribution in [0.15, 0.2) is 33.5 Å². The van der Waals surface area contributed by atoms with E-state index in [-0.39, 0.29) is 12.2 Å². The van der Waals surface area contributed by atoms with Crippen molar-refractivity contribution in [3.05, 3.63) is 34.7 Å². The summed E-state index contributed by atoms with van der Waals surface area (Å²) in [5.74, 6) is 0. The predicted octanol–water partition coefficient (Wildman–Crippen LogP) is 1.73. The topological polar surface area (TPSA) is 52.3 Å². The van der Waals surface area contributed by atoms with Crippen LogP contribution in [0.1, 0.15) is 12.8 Å². The molecular formula is C11H9NO3. The van der Waals surface area contributed by atoms with E-state index in [9.17, 15) is 4.79 Å². The lowest BCUT2D eigenvalue weighted by Gasteiger charge is -2.01. The molecule has 0 saturated heterocycles. The molecule has 76 valence electrons. The summed E-state index contributed by atoms with van der Waals surface area (Å²) in [5, 5.41) is 0.487. The van der Waals surface area contributed by atoms with Crippen molar-refractivity contribution in [2.24, 2.45) is 0 Å². The number of fused-ring (bicyclic) bond motifs is 1. The van der Waals surface area contributed by atoms with Gasteiger partial charge < -0.3 is 9.15 Å². The molecule has 0 atom stereocenters. The third kappa shape index (κ3) is 1.58. The van der Waals surface area contributed by atoms with Crippen LogP contribution in [0.2, 0.25) is 0 Å². The third-order valence-corrected chi connectivity index (χ3v) is 2.31. The van der Waals surface area contributed by atoms with Crippen LogP contribution < -0.4 is 10.4 Å². The van der Waals surface area contributed by atoms with Crippen molar-refractivity contribution in [1.29, 1.82) is 0 Å². The average molecular weight is 203 g/mol. The Kier molecular flexibility index (Phi) is 1.74. The van der Waals surface area contributed by atoms with Crippen LogP contribution in [0.3, 0.4) is 0 Å². The van der Waals surface area contributed by atoms with E-state index in [0.29, 0.717) is 10.9 Å². The third-order valence-electron chi connectivity index (χ3n) is 2.31. The van der Waals surface area contributed by atoms with Crippen molar-refractivity contribution in [2.75, 3.05) is 0 Å². The Bertz CT molecular complexity index is 557. The SMILES string of the molecule is O=c1oc(OC2CC2)nc2ccccc12. The van der Waals surface area contributed by atoms with Gasteiger partial charge in [-0.05, 0) is 25.0 Å². The average Bonchev–Trinajstić information content (AvgIpc) is 3.02. The Morgan fingerprint density at radius 2 is 2.13 bits per heavy atom. The molecule has 0 spiro atoms. The number of aromatic nitrogens is 1. The van der Waals surface area contributed by atoms with E-state index in [1.165, 1.54) is 0 Å². The number of para-hydroxylation sites is 1. The van der Waals surface area contributed by atoms with Gasteiger partial charge in [0.05, 0.1) is 10.9 Å². The fraction of sp³-hybridized carbons (Fsp3) is 0.273. The highest BCUT2D eigenvalue weighted by Gasteiger charge is 2.25. The van der Waals surface area contributed by atoms with Gasteiger partial charge in [0.2, 0.25) is 0 Å². The van der Waals surface area contributed by atoms with E-state index in [2.05, 4.69) is 4.98 Å². The van der Waals surface area contributed by atoms with E-state index in [1.54, 1.807) is 18.2 Å². The summed E-state index contributed by atoms with van der Waals surface area (Å²) in [4.78, 5) is 15.6. The summed E-state index contributed by atoms with van der Waals surface area (Å²) in [7, 11) is 0. The highest BCUT2D eigenvalue weighted by Crippen LogP contribution is 2.25. The Hall–Kier alpha value is -1.84. The number of rotatable bonds is 2. The molecule has 1 aliphatic rings. The second-order valence-electron chi connectivity index (χ2n) is 3.60. The molecule has 0 bridgehead atoms. The molecule has 1 aromatic heterocycles. The molecular weight excluding hydrogens is 194 g/mol. The molecule has 4 nitrogen and oxygen atoms in total. The molecule has 2 aromatic rings. The minimum Gasteiger partial charge on any atom is -0.447 e. The zero-order valence-corrected chi connectivity index (χ0v) is 7.97. The summed E-state index contributed by atoms with van der Waals surface area (Å²) in [5.41, 5.74) is 0.223. The summed E-state index contributed by atoms with van der Waals surface area (Å²) in [6.45, 7) is 0. The Labute approximate surface area is 85.5 Å². The van der Waals surface area contributed by atoms with Gasteiger partial charge in [0.25, 0.3) is 0 Å². The van der Waals surface area contributed by atoms with Gasteiger partial charge in [0.15, 0.2) is 0 Å². The van der Waals surface area contributed by atoms with E-state index in [1.807, 2.05) is 6.07 Å². The van der Waals surface area contributed by atoms with Gasteiger partial charge in [-0.15, -0.1) is 0 Å². The Balaban J connectivity index is 2.13. The monoisotopic (exact) mass is 203 g/mol. The molecule has 1 fully saturated rings. The molecule has 0 amide bonds. The first-order valence-corrected chi connectivity index (χ1v) is 4.89. The maximum Gasteiger partial charge on any atom is 0.397 e. The first kappa shape index (κ1) is 8.47. The Morgan fingerprint density at radius 3 is 2.93 bits per heavy atom. The lowest BCUT2D eigenvalue weighted by Crippen LogP contribution is -2.06. The number of hydrogen-bond donors (Lipinski definition) is 0. The number of hydrogen-bond acceptors (Lipinski definition) is 4. The minimum atomic E-state index is -0.392. The van der Waals surface area contributed by atoms with E-state index in [4.69, 9.17) is 9.15 Å². The van der Waals surface area contributed by atoms with Gasteiger partial charge in [-0.3, -0.25) is 0 Å². The largest absolute Gasteiger partial charge is 0.447 e. The van der Waals surface area contributed by atoms with Crippen molar-refractivity contribution in [3.8, 4) is 6.08 Å². The fourth-order valence-corrected chi connectivity index (χ4v) is 1.38. The van der Waals surface area contributed by atoms with Gasteiger partial charge in [0.1, 0.15) is 6.10 Å². The van der Waals surface area contributed by atoms with Crippen LogP contribution in [0.25, 0.3) is 10.9 Å². The second-order valence-corrected chi connectivity index (χ2v) is 3.60. The van der Waals surface area contributed by atoms with Crippen LogP contribution in [0.5, 0.6) is 6.08 Å². The summed E-state index contributed by atoms with van der Waals surface area (Å²) < 4.78 is 10.3. The van der Waals surface area contributed by atoms with Crippen LogP contribution in [-0.2, 0) is 0 Å². The molecule has 0 N–H and O–H groups in total. The van der Waals surface area contributed by atoms with E-state index >= 15 is 0 Å². The molecule has 0 radical (unpaired) electrons. The summed E-state index contributed by atoms with van der Waals surface area (Å²) >= 11 is 0. The zero-order valence-electron chi connectivity index (χ0n) is 7.97. The molecule has 1 aromatic carbocycles. The van der Waals surface area contributed by atoms with Crippen molar-refractivity contribution >= 4 is 10.9 Å². The van der Waals surface area contributed by atoms with Gasteiger partial charge >= 0.3 is 11.7 Å². The molecule has 1 saturated carbocycles. The van der Waals surface area contributed by atoms with E-state index < -0.39 is 5.63 Å². The molecule has 1 heterocycles. The number of benzene rings is 1. The van der Waals surface area contributed by atoms with Crippen LogP contribution >= 0.6 is 0 Å². The second kappa shape index (κ2) is 3.08. The molecule has 0 unspecified atom stereocenters. The van der Waals surface area contributed by atoms with Gasteiger partial charge in [0, 0.05) is 0 Å². The first-order chi connectivity index (χ1) is 7.33. The summed E-state index contributed by atoms with van der Waals surface area (Å²) in [6.07, 6.45) is 2.29. The molecule has 1 aliphatic carbocycles. The van der Waals surface area contributed by atoms with Crippen molar-refractivity contribution < 1.29 is 9.15 Å². The predicted molar refractivity (Wildman–Crippen MR) is 53.9 cm³/mol. The lowest BCUT2D eigenvalue weighted by atomic mass is 10.2. The zero-order chi connectivity index (χ0) is 10.3. The minimum absolute atomic E-state index is 0.0844. The molecule has 4 heteroatoms. The van der Waals surface area contributed by atoms with Gasteiger partial charge in [-0.2, -0.15) is 4.98 Å². The van der Waals surface area contributed by atoms with Gasteiger partial charge in [-0.1, -0.05) is 12.1 Å². The highest BCUT2D eigenvalue weighted by atomic mass is 16.6. The van der Waals surface area contributed by atoms with E-state index in [0.717, 1.165) is 12.8 Å². The lowest BCUT2D eigenvalue weighted by molar-refractivity contribution is 0.205. The number of nitrogens with zero attached hydrogens (tertiary/aromatic N) is 1. The van der Waals surface area contributed by atoms with Crippen LogP contribution in [-0.4, -0.2) is 11.1 Å². The molecule has 3 rings (SSSR count). The standard InChI is InChI=1S/C11H9NO3/c13-10-8-3-1-2-4-9(8)12-11(15-10)14-7-5-6-7/h1-4,7H,5-6H2. The first-order valence-electron chi connectivity index (χ1n) is 4.89. The summed E-state index contributed by atoms with van der Waals surface area (Å²) in [6, 6.07) is 7.07. The smallest absolute Gasteiger partial charge is 0.397 e. The maximum atomic E-state index is 11.5. The van der Waals surface area contributed by atoms with Crippen molar-refractivity contribution in [3.63, 3.8) is 0 Å².